The zero-order valence-electron chi connectivity index (χ0n) is 14.5. The number of hydrogen-bond donors (Lipinski definition) is 0. The van der Waals surface area contributed by atoms with Gasteiger partial charge in [-0.25, -0.2) is 4.79 Å². The predicted octanol–water partition coefficient (Wildman–Crippen LogP) is 4.03. The van der Waals surface area contributed by atoms with Crippen molar-refractivity contribution >= 4 is 27.8 Å². The van der Waals surface area contributed by atoms with Gasteiger partial charge in [0, 0.05) is 17.1 Å². The molecule has 0 spiro atoms. The fourth-order valence-electron chi connectivity index (χ4n) is 4.63. The normalized spacial score (nSPS) is 27.8. The second kappa shape index (κ2) is 6.17. The first kappa shape index (κ1) is 17.5. The minimum atomic E-state index is -0.454. The van der Waals surface area contributed by atoms with Gasteiger partial charge in [0.15, 0.2) is 6.61 Å². The van der Waals surface area contributed by atoms with Crippen LogP contribution in [-0.2, 0) is 9.53 Å². The number of hydrogen-bond acceptors (Lipinski definition) is 3. The highest BCUT2D eigenvalue weighted by Crippen LogP contribution is 2.52. The summed E-state index contributed by atoms with van der Waals surface area (Å²) in [6.45, 7) is 7.41. The Morgan fingerprint density at radius 2 is 1.88 bits per heavy atom. The lowest BCUT2D eigenvalue weighted by molar-refractivity contribution is -0.135. The number of rotatable bonds is 3. The third-order valence-electron chi connectivity index (χ3n) is 5.14. The summed E-state index contributed by atoms with van der Waals surface area (Å²) in [6, 6.07) is 7.21. The van der Waals surface area contributed by atoms with Crippen molar-refractivity contribution in [2.24, 2.45) is 10.8 Å². The molecule has 2 fully saturated rings. The minimum Gasteiger partial charge on any atom is -0.452 e. The van der Waals surface area contributed by atoms with Crippen molar-refractivity contribution < 1.29 is 14.3 Å². The standard InChI is InChI=1S/C19H24BrNO3/c1-18(2)8-15-9-19(3,11-18)12-21(15)16(22)10-24-17(23)13-4-6-14(20)7-5-13/h4-7,15H,8-12H2,1-3H3/t15-,19-/m1/s1. The summed E-state index contributed by atoms with van der Waals surface area (Å²) in [5.74, 6) is -0.531. The average molecular weight is 394 g/mol. The van der Waals surface area contributed by atoms with E-state index in [0.717, 1.165) is 30.3 Å². The maximum atomic E-state index is 12.6. The summed E-state index contributed by atoms with van der Waals surface area (Å²) >= 11 is 3.33. The molecule has 1 aliphatic heterocycles. The molecule has 1 saturated heterocycles. The van der Waals surface area contributed by atoms with Crippen LogP contribution >= 0.6 is 15.9 Å². The molecule has 1 aromatic rings. The molecule has 3 rings (SSSR count). The fourth-order valence-corrected chi connectivity index (χ4v) is 4.90. The van der Waals surface area contributed by atoms with E-state index in [1.807, 2.05) is 4.90 Å². The monoisotopic (exact) mass is 393 g/mol. The molecule has 24 heavy (non-hydrogen) atoms. The van der Waals surface area contributed by atoms with E-state index in [-0.39, 0.29) is 29.4 Å². The van der Waals surface area contributed by atoms with Crippen molar-refractivity contribution in [3.63, 3.8) is 0 Å². The summed E-state index contributed by atoms with van der Waals surface area (Å²) in [4.78, 5) is 26.6. The molecular formula is C19H24BrNO3. The molecule has 1 amide bonds. The van der Waals surface area contributed by atoms with Gasteiger partial charge in [0.1, 0.15) is 0 Å². The van der Waals surface area contributed by atoms with Crippen LogP contribution < -0.4 is 0 Å². The van der Waals surface area contributed by atoms with Gasteiger partial charge < -0.3 is 9.64 Å². The smallest absolute Gasteiger partial charge is 0.338 e. The molecule has 1 heterocycles. The van der Waals surface area contributed by atoms with E-state index >= 15 is 0 Å². The van der Waals surface area contributed by atoms with Crippen LogP contribution in [0.15, 0.2) is 28.7 Å². The van der Waals surface area contributed by atoms with Gasteiger partial charge in [0.05, 0.1) is 5.56 Å². The average Bonchev–Trinajstić information content (AvgIpc) is 2.74. The third kappa shape index (κ3) is 3.66. The van der Waals surface area contributed by atoms with Crippen molar-refractivity contribution in [3.8, 4) is 0 Å². The molecule has 1 aliphatic carbocycles. The Morgan fingerprint density at radius 1 is 1.21 bits per heavy atom. The Bertz CT molecular complexity index is 655. The fraction of sp³-hybridized carbons (Fsp3) is 0.579. The molecule has 1 aromatic carbocycles. The van der Waals surface area contributed by atoms with E-state index < -0.39 is 5.97 Å². The number of carbonyl (C=O) groups excluding carboxylic acids is 2. The molecule has 5 heteroatoms. The van der Waals surface area contributed by atoms with Crippen LogP contribution in [0.4, 0.5) is 0 Å². The number of carbonyl (C=O) groups is 2. The zero-order chi connectivity index (χ0) is 17.5. The Morgan fingerprint density at radius 3 is 2.54 bits per heavy atom. The summed E-state index contributed by atoms with van der Waals surface area (Å²) in [6.07, 6.45) is 3.22. The number of fused-ring (bicyclic) bond motifs is 2. The molecule has 0 radical (unpaired) electrons. The second-order valence-electron chi connectivity index (χ2n) is 8.32. The topological polar surface area (TPSA) is 46.6 Å². The van der Waals surface area contributed by atoms with Gasteiger partial charge in [0.25, 0.3) is 5.91 Å². The van der Waals surface area contributed by atoms with Gasteiger partial charge in [-0.15, -0.1) is 0 Å². The lowest BCUT2D eigenvalue weighted by Crippen LogP contribution is -2.39. The van der Waals surface area contributed by atoms with Gasteiger partial charge in [-0.3, -0.25) is 4.79 Å². The Labute approximate surface area is 151 Å². The van der Waals surface area contributed by atoms with Crippen LogP contribution in [0.1, 0.15) is 50.4 Å². The molecular weight excluding hydrogens is 370 g/mol. The number of nitrogens with zero attached hydrogens (tertiary/aromatic N) is 1. The summed E-state index contributed by atoms with van der Waals surface area (Å²) in [7, 11) is 0. The van der Waals surface area contributed by atoms with Crippen LogP contribution in [0.3, 0.4) is 0 Å². The molecule has 0 unspecified atom stereocenters. The van der Waals surface area contributed by atoms with Crippen molar-refractivity contribution in [1.29, 1.82) is 0 Å². The van der Waals surface area contributed by atoms with Crippen molar-refractivity contribution in [2.75, 3.05) is 13.2 Å². The molecule has 2 bridgehead atoms. The quantitative estimate of drug-likeness (QED) is 0.728. The first-order valence-electron chi connectivity index (χ1n) is 8.40. The Balaban J connectivity index is 1.60. The summed E-state index contributed by atoms with van der Waals surface area (Å²) in [5.41, 5.74) is 0.915. The van der Waals surface area contributed by atoms with E-state index in [1.54, 1.807) is 24.3 Å². The summed E-state index contributed by atoms with van der Waals surface area (Å²) < 4.78 is 6.13. The number of esters is 1. The minimum absolute atomic E-state index is 0.0770. The molecule has 2 atom stereocenters. The van der Waals surface area contributed by atoms with Crippen LogP contribution in [0, 0.1) is 10.8 Å². The van der Waals surface area contributed by atoms with Crippen LogP contribution in [0.25, 0.3) is 0 Å². The third-order valence-corrected chi connectivity index (χ3v) is 5.67. The van der Waals surface area contributed by atoms with Crippen LogP contribution in [0.2, 0.25) is 0 Å². The molecule has 2 aliphatic rings. The van der Waals surface area contributed by atoms with Gasteiger partial charge in [-0.2, -0.15) is 0 Å². The predicted molar refractivity (Wildman–Crippen MR) is 95.7 cm³/mol. The van der Waals surface area contributed by atoms with Crippen LogP contribution in [0.5, 0.6) is 0 Å². The number of halogens is 1. The lowest BCUT2D eigenvalue weighted by atomic mass is 9.65. The first-order chi connectivity index (χ1) is 11.2. The number of benzene rings is 1. The van der Waals surface area contributed by atoms with Gasteiger partial charge in [0.2, 0.25) is 0 Å². The van der Waals surface area contributed by atoms with E-state index in [1.165, 1.54) is 0 Å². The molecule has 1 saturated carbocycles. The highest BCUT2D eigenvalue weighted by molar-refractivity contribution is 9.10. The largest absolute Gasteiger partial charge is 0.452 e. The highest BCUT2D eigenvalue weighted by Gasteiger charge is 2.50. The highest BCUT2D eigenvalue weighted by atomic mass is 79.9. The van der Waals surface area contributed by atoms with E-state index in [2.05, 4.69) is 36.7 Å². The molecule has 0 N–H and O–H groups in total. The van der Waals surface area contributed by atoms with Gasteiger partial charge >= 0.3 is 5.97 Å². The maximum absolute atomic E-state index is 12.6. The number of ether oxygens (including phenoxy) is 1. The van der Waals surface area contributed by atoms with E-state index in [4.69, 9.17) is 4.74 Å². The van der Waals surface area contributed by atoms with Crippen molar-refractivity contribution in [2.45, 2.75) is 46.1 Å². The molecule has 130 valence electrons. The van der Waals surface area contributed by atoms with Crippen molar-refractivity contribution in [1.82, 2.24) is 4.90 Å². The van der Waals surface area contributed by atoms with Gasteiger partial charge in [-0.05, 0) is 54.4 Å². The number of likely N-dealkylation sites (tertiary alicyclic amines) is 1. The zero-order valence-corrected chi connectivity index (χ0v) is 16.1. The maximum Gasteiger partial charge on any atom is 0.338 e. The van der Waals surface area contributed by atoms with E-state index in [0.29, 0.717) is 5.56 Å². The molecule has 0 aromatic heterocycles. The summed E-state index contributed by atoms with van der Waals surface area (Å²) in [5, 5.41) is 0. The lowest BCUT2D eigenvalue weighted by Gasteiger charge is -2.39. The second-order valence-corrected chi connectivity index (χ2v) is 9.23. The van der Waals surface area contributed by atoms with Crippen molar-refractivity contribution in [3.05, 3.63) is 34.3 Å². The Hall–Kier alpha value is -1.36. The van der Waals surface area contributed by atoms with E-state index in [9.17, 15) is 9.59 Å². The Kier molecular flexibility index (Phi) is 4.49. The number of amides is 1. The first-order valence-corrected chi connectivity index (χ1v) is 9.19. The molecule has 4 nitrogen and oxygen atoms in total. The van der Waals surface area contributed by atoms with Crippen LogP contribution in [-0.4, -0.2) is 36.0 Å². The SMILES string of the molecule is CC1(C)C[C@@H]2C[C@@](C)(CN2C(=O)COC(=O)c2ccc(Br)cc2)C1. The van der Waals surface area contributed by atoms with Gasteiger partial charge in [-0.1, -0.05) is 36.7 Å².